The molecule has 2 aliphatic heterocycles. The fourth-order valence-corrected chi connectivity index (χ4v) is 5.01. The van der Waals surface area contributed by atoms with Gasteiger partial charge in [0.05, 0.1) is 43.4 Å². The highest BCUT2D eigenvalue weighted by Gasteiger charge is 2.49. The van der Waals surface area contributed by atoms with Crippen molar-refractivity contribution in [1.82, 2.24) is 0 Å². The molecule has 14 heteroatoms. The molecular weight excluding hydrogens is 620 g/mol. The first-order chi connectivity index (χ1) is 22.4. The van der Waals surface area contributed by atoms with E-state index in [9.17, 15) is 39.0 Å². The first kappa shape index (κ1) is 36.9. The van der Waals surface area contributed by atoms with Crippen molar-refractivity contribution < 1.29 is 67.4 Å². The fourth-order valence-electron chi connectivity index (χ4n) is 5.01. The van der Waals surface area contributed by atoms with Crippen molar-refractivity contribution in [1.29, 1.82) is 0 Å². The van der Waals surface area contributed by atoms with E-state index in [2.05, 4.69) is 13.2 Å². The second-order valence-corrected chi connectivity index (χ2v) is 11.3. The van der Waals surface area contributed by atoms with Crippen LogP contribution in [-0.4, -0.2) is 87.7 Å². The number of rotatable bonds is 16. The Morgan fingerprint density at radius 1 is 0.957 bits per heavy atom. The molecule has 1 aromatic rings. The number of hydrogen-bond donors (Lipinski definition) is 0. The second kappa shape index (κ2) is 17.4. The number of carbonyl (C=O) groups is 6. The third-order valence-electron chi connectivity index (χ3n) is 7.80. The van der Waals surface area contributed by atoms with E-state index in [0.29, 0.717) is 44.5 Å². The van der Waals surface area contributed by atoms with Gasteiger partial charge in [0.2, 0.25) is 0 Å². The molecular formula is C33H38O14-2. The molecule has 1 saturated carbocycles. The molecule has 3 aliphatic rings. The minimum absolute atomic E-state index is 0.0196. The quantitative estimate of drug-likeness (QED) is 0.101. The van der Waals surface area contributed by atoms with Crippen molar-refractivity contribution in [2.45, 2.75) is 57.7 Å². The Balaban J connectivity index is 0.000000256. The molecule has 0 radical (unpaired) electrons. The van der Waals surface area contributed by atoms with Gasteiger partial charge in [-0.3, -0.25) is 4.79 Å². The summed E-state index contributed by atoms with van der Waals surface area (Å²) in [6.07, 6.45) is 3.26. The summed E-state index contributed by atoms with van der Waals surface area (Å²) in [5.74, 6) is -5.89. The van der Waals surface area contributed by atoms with E-state index in [4.69, 9.17) is 28.4 Å². The van der Waals surface area contributed by atoms with Crippen LogP contribution in [0, 0.1) is 11.3 Å². The maximum atomic E-state index is 12.6. The zero-order valence-electron chi connectivity index (χ0n) is 26.2. The van der Waals surface area contributed by atoms with Crippen molar-refractivity contribution in [2.24, 2.45) is 11.3 Å². The predicted octanol–water partition coefficient (Wildman–Crippen LogP) is 0.242. The molecule has 4 atom stereocenters. The van der Waals surface area contributed by atoms with Gasteiger partial charge in [0, 0.05) is 30.0 Å². The van der Waals surface area contributed by atoms with Crippen molar-refractivity contribution in [3.05, 3.63) is 59.7 Å². The summed E-state index contributed by atoms with van der Waals surface area (Å²) >= 11 is 0. The molecule has 0 aromatic heterocycles. The molecule has 256 valence electrons. The average molecular weight is 659 g/mol. The first-order valence-electron chi connectivity index (χ1n) is 15.1. The summed E-state index contributed by atoms with van der Waals surface area (Å²) in [6, 6.07) is 3.94. The van der Waals surface area contributed by atoms with E-state index < -0.39 is 47.1 Å². The number of esters is 4. The van der Waals surface area contributed by atoms with Gasteiger partial charge in [-0.05, 0) is 49.4 Å². The Hall–Kier alpha value is -4.56. The van der Waals surface area contributed by atoms with Gasteiger partial charge < -0.3 is 48.2 Å². The van der Waals surface area contributed by atoms with Crippen LogP contribution in [0.1, 0.15) is 65.3 Å². The average Bonchev–Trinajstić information content (AvgIpc) is 3.98. The molecule has 2 heterocycles. The van der Waals surface area contributed by atoms with Gasteiger partial charge in [-0.15, -0.1) is 0 Å². The van der Waals surface area contributed by atoms with Crippen molar-refractivity contribution >= 4 is 35.8 Å². The maximum Gasteiger partial charge on any atom is 0.338 e. The summed E-state index contributed by atoms with van der Waals surface area (Å²) in [5, 5.41) is 22.5. The van der Waals surface area contributed by atoms with Crippen molar-refractivity contribution in [3.8, 4) is 0 Å². The molecule has 14 nitrogen and oxygen atoms in total. The van der Waals surface area contributed by atoms with Crippen LogP contribution in [0.3, 0.4) is 0 Å². The monoisotopic (exact) mass is 658 g/mol. The SMILES string of the molecule is C=C(C)C(=O)OCCc1cc(C(=O)[O-])ccc1C(=O)OCC1CO1.C=CC(=O)OCCC1(C(=O)OCC2CO2)CCCCC1C(=O)[O-]. The molecule has 3 fully saturated rings. The van der Waals surface area contributed by atoms with E-state index in [1.165, 1.54) is 25.1 Å². The maximum absolute atomic E-state index is 12.6. The highest BCUT2D eigenvalue weighted by Crippen LogP contribution is 2.45. The van der Waals surface area contributed by atoms with Crippen LogP contribution in [0.25, 0.3) is 0 Å². The van der Waals surface area contributed by atoms with Gasteiger partial charge in [-0.2, -0.15) is 0 Å². The molecule has 47 heavy (non-hydrogen) atoms. The van der Waals surface area contributed by atoms with Gasteiger partial charge in [0.1, 0.15) is 25.4 Å². The number of carboxylic acid groups (broad SMARTS) is 2. The predicted molar refractivity (Wildman–Crippen MR) is 156 cm³/mol. The summed E-state index contributed by atoms with van der Waals surface area (Å²) in [7, 11) is 0. The Labute approximate surface area is 271 Å². The first-order valence-corrected chi connectivity index (χ1v) is 15.1. The Morgan fingerprint density at radius 3 is 2.19 bits per heavy atom. The lowest BCUT2D eigenvalue weighted by molar-refractivity contribution is -0.317. The highest BCUT2D eigenvalue weighted by molar-refractivity contribution is 5.94. The van der Waals surface area contributed by atoms with E-state index in [1.807, 2.05) is 0 Å². The zero-order chi connectivity index (χ0) is 34.6. The molecule has 0 amide bonds. The molecule has 0 bridgehead atoms. The largest absolute Gasteiger partial charge is 0.550 e. The molecule has 2 saturated heterocycles. The lowest BCUT2D eigenvalue weighted by atomic mass is 9.64. The van der Waals surface area contributed by atoms with Crippen LogP contribution < -0.4 is 10.2 Å². The van der Waals surface area contributed by atoms with Crippen LogP contribution in [0.15, 0.2) is 43.0 Å². The van der Waals surface area contributed by atoms with Gasteiger partial charge in [-0.1, -0.05) is 32.1 Å². The van der Waals surface area contributed by atoms with Crippen molar-refractivity contribution in [3.63, 3.8) is 0 Å². The van der Waals surface area contributed by atoms with Crippen LogP contribution >= 0.6 is 0 Å². The van der Waals surface area contributed by atoms with E-state index in [-0.39, 0.29) is 68.2 Å². The fraction of sp³-hybridized carbons (Fsp3) is 0.515. The second-order valence-electron chi connectivity index (χ2n) is 11.3. The summed E-state index contributed by atoms with van der Waals surface area (Å²) < 4.78 is 30.2. The van der Waals surface area contributed by atoms with Gasteiger partial charge in [0.25, 0.3) is 0 Å². The third-order valence-corrected chi connectivity index (χ3v) is 7.80. The molecule has 1 aliphatic carbocycles. The number of carboxylic acids is 2. The number of ether oxygens (including phenoxy) is 6. The Bertz CT molecular complexity index is 1360. The lowest BCUT2D eigenvalue weighted by Crippen LogP contribution is -2.51. The van der Waals surface area contributed by atoms with Gasteiger partial charge in [0.15, 0.2) is 0 Å². The number of hydrogen-bond acceptors (Lipinski definition) is 14. The molecule has 1 aromatic carbocycles. The summed E-state index contributed by atoms with van der Waals surface area (Å²) in [5.41, 5.74) is -0.422. The third kappa shape index (κ3) is 11.3. The van der Waals surface area contributed by atoms with Gasteiger partial charge >= 0.3 is 23.9 Å². The number of aromatic carboxylic acids is 1. The van der Waals surface area contributed by atoms with Crippen LogP contribution in [0.4, 0.5) is 0 Å². The van der Waals surface area contributed by atoms with Crippen LogP contribution in [-0.2, 0) is 54.0 Å². The molecule has 4 rings (SSSR count). The smallest absolute Gasteiger partial charge is 0.338 e. The Kier molecular flexibility index (Phi) is 13.6. The molecule has 0 spiro atoms. The van der Waals surface area contributed by atoms with E-state index >= 15 is 0 Å². The number of carbonyl (C=O) groups excluding carboxylic acids is 6. The number of epoxide rings is 2. The molecule has 0 N–H and O–H groups in total. The normalized spacial score (nSPS) is 22.3. The molecule has 4 unspecified atom stereocenters. The number of benzene rings is 1. The van der Waals surface area contributed by atoms with Gasteiger partial charge in [-0.25, -0.2) is 14.4 Å². The van der Waals surface area contributed by atoms with Crippen molar-refractivity contribution in [2.75, 3.05) is 39.6 Å². The zero-order valence-corrected chi connectivity index (χ0v) is 26.2. The highest BCUT2D eigenvalue weighted by atomic mass is 16.6. The van der Waals surface area contributed by atoms with E-state index in [0.717, 1.165) is 6.08 Å². The van der Waals surface area contributed by atoms with Crippen LogP contribution in [0.5, 0.6) is 0 Å². The number of aliphatic carboxylic acids is 1. The lowest BCUT2D eigenvalue weighted by Gasteiger charge is -2.42. The minimum atomic E-state index is -1.36. The minimum Gasteiger partial charge on any atom is -0.550 e. The summed E-state index contributed by atoms with van der Waals surface area (Å²) in [6.45, 7) is 9.55. The topological polar surface area (TPSA) is 211 Å². The standard InChI is InChI=1S/C17H18O7.C16H22O7/c1-10(2)16(20)22-6-5-11-7-12(15(18)19)3-4-14(11)17(21)24-9-13-8-23-13;1-2-13(17)21-8-7-16(15(20)23-10-11-9-22-11)6-4-3-5-12(16)14(18)19/h3-4,7,13H,1,5-6,8-9H2,2H3,(H,18,19);2,11-12H,1,3-10H2,(H,18,19)/p-2. The van der Waals surface area contributed by atoms with E-state index in [1.54, 1.807) is 0 Å². The Morgan fingerprint density at radius 2 is 1.62 bits per heavy atom. The summed E-state index contributed by atoms with van der Waals surface area (Å²) in [4.78, 5) is 69.7. The van der Waals surface area contributed by atoms with Crippen LogP contribution in [0.2, 0.25) is 0 Å².